The third kappa shape index (κ3) is 2.62. The van der Waals surface area contributed by atoms with Gasteiger partial charge in [0.15, 0.2) is 0 Å². The maximum atomic E-state index is 4.22. The fourth-order valence-electron chi connectivity index (χ4n) is 1.04. The molecule has 0 spiro atoms. The van der Waals surface area contributed by atoms with Crippen LogP contribution in [0.2, 0.25) is 0 Å². The number of benzene rings is 1. The van der Waals surface area contributed by atoms with Gasteiger partial charge in [-0.1, -0.05) is 29.9 Å². The summed E-state index contributed by atoms with van der Waals surface area (Å²) in [5.74, 6) is 0. The number of nitrogens with one attached hydrogen (secondary N) is 1. The van der Waals surface area contributed by atoms with Gasteiger partial charge in [-0.25, -0.2) is 0 Å². The Hall–Kier alpha value is -0.900. The monoisotopic (exact) mass is 167 g/mol. The quantitative estimate of drug-likeness (QED) is 0.684. The summed E-state index contributed by atoms with van der Waals surface area (Å²) in [6, 6.07) is 8.65. The Kier molecular flexibility index (Phi) is 3.73. The maximum Gasteiger partial charge on any atom is 0.0599 e. The van der Waals surface area contributed by atoms with Crippen molar-refractivity contribution in [1.82, 2.24) is 5.64 Å². The first kappa shape index (κ1) is 9.19. The Labute approximate surface area is 72.2 Å². The van der Waals surface area contributed by atoms with Crippen LogP contribution >= 0.6 is 0 Å². The molecule has 66 valence electrons. The van der Waals surface area contributed by atoms with Crippen molar-refractivity contribution in [3.63, 3.8) is 0 Å². The summed E-state index contributed by atoms with van der Waals surface area (Å²) >= 11 is 0. The van der Waals surface area contributed by atoms with E-state index in [9.17, 15) is 0 Å². The maximum absolute atomic E-state index is 4.22. The fourth-order valence-corrected chi connectivity index (χ4v) is 1.04. The highest BCUT2D eigenvalue weighted by molar-refractivity contribution is 5.37. The van der Waals surface area contributed by atoms with Gasteiger partial charge >= 0.3 is 0 Å². The molecule has 0 fully saturated rings. The summed E-state index contributed by atoms with van der Waals surface area (Å²) in [4.78, 5) is 8.44. The summed E-state index contributed by atoms with van der Waals surface area (Å²) in [6.07, 6.45) is 1.22. The Morgan fingerprint density at radius 2 is 1.67 bits per heavy atom. The fraction of sp³-hybridized carbons (Fsp3) is 0.333. The first-order valence-electron chi connectivity index (χ1n) is 3.75. The predicted molar refractivity (Wildman–Crippen MR) is 46.4 cm³/mol. The lowest BCUT2D eigenvalue weighted by atomic mass is 9.94. The second kappa shape index (κ2) is 4.87. The Morgan fingerprint density at radius 1 is 1.17 bits per heavy atom. The molecule has 0 saturated carbocycles. The van der Waals surface area contributed by atoms with Crippen molar-refractivity contribution in [3.8, 4) is 0 Å². The van der Waals surface area contributed by atoms with Crippen LogP contribution in [0.15, 0.2) is 24.3 Å². The van der Waals surface area contributed by atoms with Gasteiger partial charge in [-0.3, -0.25) is 9.68 Å². The largest absolute Gasteiger partial charge is 0.280 e. The van der Waals surface area contributed by atoms with Gasteiger partial charge in [0.05, 0.1) is 14.2 Å². The molecule has 0 atom stereocenters. The molecule has 0 saturated heterocycles. The van der Waals surface area contributed by atoms with E-state index in [0.717, 1.165) is 0 Å². The second-order valence-corrected chi connectivity index (χ2v) is 2.49. The highest BCUT2D eigenvalue weighted by Crippen LogP contribution is 2.18. The average Bonchev–Trinajstić information content (AvgIpc) is 2.07. The third-order valence-electron chi connectivity index (χ3n) is 1.57. The van der Waals surface area contributed by atoms with Gasteiger partial charge in [-0.05, 0) is 17.5 Å². The molecule has 3 nitrogen and oxygen atoms in total. The number of hydrogen-bond donors (Lipinski definition) is 1. The molecular weight excluding hydrogens is 154 g/mol. The SMILES string of the molecule is CONOC.c1cc2cc(c1)C2. The van der Waals surface area contributed by atoms with Crippen LogP contribution in [0.3, 0.4) is 0 Å². The second-order valence-electron chi connectivity index (χ2n) is 2.49. The molecule has 12 heavy (non-hydrogen) atoms. The topological polar surface area (TPSA) is 30.5 Å². The van der Waals surface area contributed by atoms with E-state index in [1.165, 1.54) is 31.8 Å². The average molecular weight is 167 g/mol. The predicted octanol–water partition coefficient (Wildman–Crippen LogP) is 1.29. The lowest BCUT2D eigenvalue weighted by Gasteiger charge is -2.11. The van der Waals surface area contributed by atoms with E-state index in [2.05, 4.69) is 39.6 Å². The minimum Gasteiger partial charge on any atom is -0.280 e. The number of hydrogen-bond acceptors (Lipinski definition) is 3. The Morgan fingerprint density at radius 3 is 1.75 bits per heavy atom. The van der Waals surface area contributed by atoms with Crippen LogP contribution in [0.5, 0.6) is 0 Å². The summed E-state index contributed by atoms with van der Waals surface area (Å²) in [5, 5.41) is 0. The number of fused-ring (bicyclic) bond motifs is 2. The van der Waals surface area contributed by atoms with Crippen LogP contribution in [0.25, 0.3) is 0 Å². The molecule has 0 aliphatic heterocycles. The van der Waals surface area contributed by atoms with Crippen molar-refractivity contribution >= 4 is 0 Å². The highest BCUT2D eigenvalue weighted by Gasteiger charge is 2.04. The van der Waals surface area contributed by atoms with E-state index < -0.39 is 0 Å². The zero-order valence-electron chi connectivity index (χ0n) is 7.33. The normalized spacial score (nSPS) is 11.2. The van der Waals surface area contributed by atoms with Crippen LogP contribution in [0.1, 0.15) is 11.1 Å². The van der Waals surface area contributed by atoms with Crippen molar-refractivity contribution in [2.24, 2.45) is 0 Å². The Balaban J connectivity index is 0.000000130. The minimum absolute atomic E-state index is 1.22. The molecule has 1 aromatic rings. The lowest BCUT2D eigenvalue weighted by molar-refractivity contribution is -0.130. The minimum atomic E-state index is 1.22. The first-order valence-corrected chi connectivity index (χ1v) is 3.75. The lowest BCUT2D eigenvalue weighted by Crippen LogP contribution is -2.07. The van der Waals surface area contributed by atoms with Gasteiger partial charge in [-0.2, -0.15) is 0 Å². The van der Waals surface area contributed by atoms with Crippen molar-refractivity contribution in [2.75, 3.05) is 14.2 Å². The summed E-state index contributed by atoms with van der Waals surface area (Å²) < 4.78 is 0. The van der Waals surface area contributed by atoms with E-state index >= 15 is 0 Å². The Bertz CT molecular complexity index is 211. The van der Waals surface area contributed by atoms with Gasteiger partial charge in [-0.15, -0.1) is 0 Å². The molecular formula is C9H13NO2. The van der Waals surface area contributed by atoms with Crippen LogP contribution in [0.4, 0.5) is 0 Å². The molecule has 2 aliphatic rings. The molecule has 2 aliphatic carbocycles. The van der Waals surface area contributed by atoms with Gasteiger partial charge in [0.2, 0.25) is 0 Å². The van der Waals surface area contributed by atoms with Crippen LogP contribution < -0.4 is 5.64 Å². The van der Waals surface area contributed by atoms with E-state index in [1.54, 1.807) is 0 Å². The molecule has 1 N–H and O–H groups in total. The standard InChI is InChI=1S/C7H6.C2H7NO2/c1-2-6-4-7(3-1)5-6;1-4-3-5-2/h1-4H,5H2;3H,1-2H3. The molecule has 2 bridgehead atoms. The molecule has 0 aromatic heterocycles. The molecule has 3 rings (SSSR count). The molecule has 0 amide bonds. The summed E-state index contributed by atoms with van der Waals surface area (Å²) in [7, 11) is 2.95. The molecule has 0 unspecified atom stereocenters. The first-order chi connectivity index (χ1) is 5.86. The number of rotatable bonds is 2. The van der Waals surface area contributed by atoms with Crippen LogP contribution in [-0.2, 0) is 16.1 Å². The highest BCUT2D eigenvalue weighted by atomic mass is 16.9. The van der Waals surface area contributed by atoms with Gasteiger partial charge in [0, 0.05) is 0 Å². The summed E-state index contributed by atoms with van der Waals surface area (Å²) in [5.41, 5.74) is 5.08. The van der Waals surface area contributed by atoms with Gasteiger partial charge in [0.25, 0.3) is 0 Å². The van der Waals surface area contributed by atoms with Crippen LogP contribution in [0, 0.1) is 0 Å². The molecule has 0 radical (unpaired) electrons. The van der Waals surface area contributed by atoms with Crippen molar-refractivity contribution in [3.05, 3.63) is 35.4 Å². The van der Waals surface area contributed by atoms with E-state index in [4.69, 9.17) is 0 Å². The van der Waals surface area contributed by atoms with Gasteiger partial charge in [0.1, 0.15) is 0 Å². The van der Waals surface area contributed by atoms with E-state index in [-0.39, 0.29) is 0 Å². The van der Waals surface area contributed by atoms with Crippen molar-refractivity contribution < 1.29 is 9.68 Å². The van der Waals surface area contributed by atoms with E-state index in [1.807, 2.05) is 0 Å². The smallest absolute Gasteiger partial charge is 0.0599 e. The molecule has 0 heterocycles. The summed E-state index contributed by atoms with van der Waals surface area (Å²) in [6.45, 7) is 0. The van der Waals surface area contributed by atoms with Crippen molar-refractivity contribution in [2.45, 2.75) is 6.42 Å². The third-order valence-corrected chi connectivity index (χ3v) is 1.57. The zero-order valence-corrected chi connectivity index (χ0v) is 7.33. The van der Waals surface area contributed by atoms with Crippen molar-refractivity contribution in [1.29, 1.82) is 0 Å². The molecule has 1 aromatic carbocycles. The molecule has 3 heteroatoms. The van der Waals surface area contributed by atoms with Crippen LogP contribution in [-0.4, -0.2) is 14.2 Å². The van der Waals surface area contributed by atoms with Gasteiger partial charge < -0.3 is 0 Å². The zero-order chi connectivity index (χ0) is 8.81. The van der Waals surface area contributed by atoms with E-state index in [0.29, 0.717) is 0 Å².